The molecule has 4 nitrogen and oxygen atoms in total. The molecule has 1 aromatic heterocycles. The molecule has 5 heteroatoms. The minimum Gasteiger partial charge on any atom is -0.480 e. The predicted molar refractivity (Wildman–Crippen MR) is 60.1 cm³/mol. The van der Waals surface area contributed by atoms with Gasteiger partial charge in [0.15, 0.2) is 0 Å². The van der Waals surface area contributed by atoms with Gasteiger partial charge in [0.1, 0.15) is 6.04 Å². The van der Waals surface area contributed by atoms with Crippen molar-refractivity contribution in [2.24, 2.45) is 0 Å². The number of rotatable bonds is 3. The van der Waals surface area contributed by atoms with E-state index in [1.54, 1.807) is 19.9 Å². The van der Waals surface area contributed by atoms with Crippen molar-refractivity contribution in [3.05, 3.63) is 32.7 Å². The van der Waals surface area contributed by atoms with Crippen molar-refractivity contribution in [3.63, 3.8) is 0 Å². The Kier molecular flexibility index (Phi) is 3.68. The summed E-state index contributed by atoms with van der Waals surface area (Å²) in [4.78, 5) is 22.6. The molecule has 0 aliphatic rings. The zero-order valence-corrected chi connectivity index (χ0v) is 10.1. The van der Waals surface area contributed by atoms with E-state index in [-0.39, 0.29) is 5.56 Å². The monoisotopic (exact) mass is 273 g/mol. The quantitative estimate of drug-likeness (QED) is 0.916. The summed E-state index contributed by atoms with van der Waals surface area (Å²) < 4.78 is 1.96. The second-order valence-electron chi connectivity index (χ2n) is 3.32. The lowest BCUT2D eigenvalue weighted by atomic mass is 10.2. The minimum atomic E-state index is -0.989. The van der Waals surface area contributed by atoms with Crippen LogP contribution in [-0.2, 0) is 4.79 Å². The number of aryl methyl sites for hydroxylation is 1. The Morgan fingerprint density at radius 2 is 2.27 bits per heavy atom. The molecule has 0 radical (unpaired) electrons. The summed E-state index contributed by atoms with van der Waals surface area (Å²) in [5, 5.41) is 8.96. The zero-order chi connectivity index (χ0) is 11.6. The lowest BCUT2D eigenvalue weighted by Crippen LogP contribution is -2.30. The van der Waals surface area contributed by atoms with Crippen LogP contribution in [0.25, 0.3) is 0 Å². The van der Waals surface area contributed by atoms with E-state index in [9.17, 15) is 9.59 Å². The van der Waals surface area contributed by atoms with Crippen LogP contribution < -0.4 is 5.56 Å². The molecule has 0 amide bonds. The van der Waals surface area contributed by atoms with Gasteiger partial charge in [-0.15, -0.1) is 0 Å². The third kappa shape index (κ3) is 2.47. The summed E-state index contributed by atoms with van der Waals surface area (Å²) in [6.07, 6.45) is 1.89. The molecule has 82 valence electrons. The standard InChI is InChI=1S/C10H12BrNO3/c1-3-8(10(14)15)12-5-7(11)4-6(2)9(12)13/h4-5,8H,3H2,1-2H3,(H,14,15). The van der Waals surface area contributed by atoms with Gasteiger partial charge in [0, 0.05) is 16.2 Å². The summed E-state index contributed by atoms with van der Waals surface area (Å²) >= 11 is 3.24. The van der Waals surface area contributed by atoms with Gasteiger partial charge in [-0.2, -0.15) is 0 Å². The molecule has 1 rings (SSSR count). The van der Waals surface area contributed by atoms with Gasteiger partial charge < -0.3 is 5.11 Å². The van der Waals surface area contributed by atoms with Gasteiger partial charge in [0.25, 0.3) is 5.56 Å². The minimum absolute atomic E-state index is 0.257. The molecule has 1 atom stereocenters. The van der Waals surface area contributed by atoms with Gasteiger partial charge in [0.2, 0.25) is 0 Å². The van der Waals surface area contributed by atoms with E-state index in [4.69, 9.17) is 5.11 Å². The fourth-order valence-electron chi connectivity index (χ4n) is 1.42. The molecule has 0 aliphatic heterocycles. The summed E-state index contributed by atoms with van der Waals surface area (Å²) in [5.74, 6) is -0.989. The molecule has 1 heterocycles. The first-order valence-corrected chi connectivity index (χ1v) is 5.37. The number of halogens is 1. The fourth-order valence-corrected chi connectivity index (χ4v) is 1.99. The van der Waals surface area contributed by atoms with Gasteiger partial charge >= 0.3 is 5.97 Å². The number of nitrogens with zero attached hydrogens (tertiary/aromatic N) is 1. The molecule has 0 fully saturated rings. The van der Waals surface area contributed by atoms with E-state index < -0.39 is 12.0 Å². The van der Waals surface area contributed by atoms with Crippen LogP contribution in [0.3, 0.4) is 0 Å². The van der Waals surface area contributed by atoms with Gasteiger partial charge in [-0.3, -0.25) is 9.36 Å². The van der Waals surface area contributed by atoms with Crippen LogP contribution in [0, 0.1) is 6.92 Å². The van der Waals surface area contributed by atoms with Crippen LogP contribution in [-0.4, -0.2) is 15.6 Å². The fraction of sp³-hybridized carbons (Fsp3) is 0.400. The molecule has 1 N–H and O–H groups in total. The number of carboxylic acid groups (broad SMARTS) is 1. The summed E-state index contributed by atoms with van der Waals surface area (Å²) in [7, 11) is 0. The van der Waals surface area contributed by atoms with E-state index in [0.717, 1.165) is 0 Å². The van der Waals surface area contributed by atoms with Crippen molar-refractivity contribution in [3.8, 4) is 0 Å². The summed E-state index contributed by atoms with van der Waals surface area (Å²) in [5.41, 5.74) is 0.275. The van der Waals surface area contributed by atoms with Crippen molar-refractivity contribution >= 4 is 21.9 Å². The van der Waals surface area contributed by atoms with Crippen molar-refractivity contribution in [1.29, 1.82) is 0 Å². The number of pyridine rings is 1. The first-order valence-electron chi connectivity index (χ1n) is 4.58. The SMILES string of the molecule is CCC(C(=O)O)n1cc(Br)cc(C)c1=O. The zero-order valence-electron chi connectivity index (χ0n) is 8.53. The maximum atomic E-state index is 11.7. The smallest absolute Gasteiger partial charge is 0.326 e. The molecule has 0 aliphatic carbocycles. The summed E-state index contributed by atoms with van der Waals surface area (Å²) in [6, 6.07) is 0.877. The van der Waals surface area contributed by atoms with Crippen LogP contribution >= 0.6 is 15.9 Å². The van der Waals surface area contributed by atoms with Crippen LogP contribution in [0.5, 0.6) is 0 Å². The van der Waals surface area contributed by atoms with Gasteiger partial charge in [-0.05, 0) is 35.3 Å². The van der Waals surface area contributed by atoms with Crippen molar-refractivity contribution in [2.45, 2.75) is 26.3 Å². The lowest BCUT2D eigenvalue weighted by Gasteiger charge is -2.14. The van der Waals surface area contributed by atoms with Gasteiger partial charge in [0.05, 0.1) is 0 Å². The average molecular weight is 274 g/mol. The van der Waals surface area contributed by atoms with Crippen molar-refractivity contribution in [2.75, 3.05) is 0 Å². The molecular formula is C10H12BrNO3. The average Bonchev–Trinajstić information content (AvgIpc) is 2.13. The van der Waals surface area contributed by atoms with Crippen LogP contribution in [0.2, 0.25) is 0 Å². The first kappa shape index (κ1) is 12.0. The van der Waals surface area contributed by atoms with Crippen molar-refractivity contribution in [1.82, 2.24) is 4.57 Å². The molecule has 15 heavy (non-hydrogen) atoms. The third-order valence-corrected chi connectivity index (χ3v) is 2.63. The number of carboxylic acids is 1. The highest BCUT2D eigenvalue weighted by Crippen LogP contribution is 2.14. The van der Waals surface area contributed by atoms with Crippen LogP contribution in [0.1, 0.15) is 24.9 Å². The topological polar surface area (TPSA) is 59.3 Å². The molecule has 0 bridgehead atoms. The Morgan fingerprint density at radius 1 is 1.67 bits per heavy atom. The number of hydrogen-bond acceptors (Lipinski definition) is 2. The van der Waals surface area contributed by atoms with E-state index in [1.165, 1.54) is 10.8 Å². The Hall–Kier alpha value is -1.10. The Balaban J connectivity index is 3.35. The summed E-state index contributed by atoms with van der Waals surface area (Å²) in [6.45, 7) is 3.40. The maximum Gasteiger partial charge on any atom is 0.326 e. The van der Waals surface area contributed by atoms with E-state index >= 15 is 0 Å². The largest absolute Gasteiger partial charge is 0.480 e. The molecule has 0 saturated carbocycles. The number of aliphatic carboxylic acids is 1. The lowest BCUT2D eigenvalue weighted by molar-refractivity contribution is -0.141. The Labute approximate surface area is 95.7 Å². The van der Waals surface area contributed by atoms with Crippen LogP contribution in [0.4, 0.5) is 0 Å². The predicted octanol–water partition coefficient (Wildman–Crippen LogP) is 1.95. The van der Waals surface area contributed by atoms with Gasteiger partial charge in [-0.1, -0.05) is 6.92 Å². The highest BCUT2D eigenvalue weighted by Gasteiger charge is 2.19. The number of carbonyl (C=O) groups is 1. The second-order valence-corrected chi connectivity index (χ2v) is 4.23. The molecule has 0 spiro atoms. The number of aromatic nitrogens is 1. The van der Waals surface area contributed by atoms with E-state index in [0.29, 0.717) is 16.5 Å². The molecule has 0 aromatic carbocycles. The highest BCUT2D eigenvalue weighted by atomic mass is 79.9. The maximum absolute atomic E-state index is 11.7. The first-order chi connectivity index (χ1) is 6.97. The second kappa shape index (κ2) is 4.61. The Morgan fingerprint density at radius 3 is 2.73 bits per heavy atom. The Bertz CT molecular complexity index is 439. The third-order valence-electron chi connectivity index (χ3n) is 2.20. The van der Waals surface area contributed by atoms with E-state index in [2.05, 4.69) is 15.9 Å². The van der Waals surface area contributed by atoms with E-state index in [1.807, 2.05) is 0 Å². The molecule has 1 unspecified atom stereocenters. The molecule has 1 aromatic rings. The van der Waals surface area contributed by atoms with Crippen molar-refractivity contribution < 1.29 is 9.90 Å². The number of hydrogen-bond donors (Lipinski definition) is 1. The molecular weight excluding hydrogens is 262 g/mol. The van der Waals surface area contributed by atoms with Gasteiger partial charge in [-0.25, -0.2) is 4.79 Å². The normalized spacial score (nSPS) is 12.5. The highest BCUT2D eigenvalue weighted by molar-refractivity contribution is 9.10. The van der Waals surface area contributed by atoms with Crippen LogP contribution in [0.15, 0.2) is 21.5 Å². The molecule has 0 saturated heterocycles.